The first-order valence-electron chi connectivity index (χ1n) is 21.3. The molecule has 8 rings (SSSR count). The van der Waals surface area contributed by atoms with E-state index in [9.17, 15) is 24.0 Å². The van der Waals surface area contributed by atoms with Crippen molar-refractivity contribution in [1.29, 1.82) is 0 Å². The predicted molar refractivity (Wildman–Crippen MR) is 247 cm³/mol. The molecule has 0 spiro atoms. The lowest BCUT2D eigenvalue weighted by molar-refractivity contribution is -0.134. The number of benzene rings is 4. The van der Waals surface area contributed by atoms with E-state index in [1.54, 1.807) is 24.4 Å². The molecule has 2 aliphatic heterocycles. The van der Waals surface area contributed by atoms with Crippen LogP contribution in [0.5, 0.6) is 0 Å². The summed E-state index contributed by atoms with van der Waals surface area (Å²) in [4.78, 5) is 70.1. The van der Waals surface area contributed by atoms with Crippen molar-refractivity contribution in [2.75, 3.05) is 30.3 Å². The normalized spacial score (nSPS) is 15.3. The van der Waals surface area contributed by atoms with Gasteiger partial charge in [0.05, 0.1) is 27.0 Å². The van der Waals surface area contributed by atoms with Crippen LogP contribution in [0, 0.1) is 0 Å². The number of pyridine rings is 1. The van der Waals surface area contributed by atoms with Crippen LogP contribution in [0.2, 0.25) is 10.0 Å². The highest BCUT2D eigenvalue weighted by atomic mass is 35.5. The van der Waals surface area contributed by atoms with Crippen LogP contribution >= 0.6 is 23.2 Å². The number of hydrogen-bond acceptors (Lipinski definition) is 8. The number of para-hydroxylation sites is 1. The van der Waals surface area contributed by atoms with Gasteiger partial charge in [0.15, 0.2) is 5.69 Å². The Bertz CT molecular complexity index is 2650. The summed E-state index contributed by atoms with van der Waals surface area (Å²) in [6.45, 7) is 1.77. The zero-order chi connectivity index (χ0) is 44.6. The van der Waals surface area contributed by atoms with Crippen molar-refractivity contribution in [3.05, 3.63) is 159 Å². The second kappa shape index (κ2) is 20.1. The fourth-order valence-corrected chi connectivity index (χ4v) is 8.58. The Morgan fingerprint density at radius 2 is 1.48 bits per heavy atom. The Kier molecular flexibility index (Phi) is 13.8. The van der Waals surface area contributed by atoms with E-state index in [4.69, 9.17) is 23.2 Å². The fourth-order valence-electron chi connectivity index (χ4n) is 8.01. The lowest BCUT2D eigenvalue weighted by Gasteiger charge is -2.32. The predicted octanol–water partition coefficient (Wildman–Crippen LogP) is 8.02. The monoisotopic (exact) mass is 896 g/mol. The Balaban J connectivity index is 0.802. The number of halogens is 2. The number of anilines is 2. The van der Waals surface area contributed by atoms with Gasteiger partial charge in [0, 0.05) is 56.0 Å². The van der Waals surface area contributed by atoms with E-state index in [2.05, 4.69) is 43.5 Å². The summed E-state index contributed by atoms with van der Waals surface area (Å²) in [7, 11) is 0. The molecule has 0 aliphatic carbocycles. The standard InChI is InChI=1S/C49H46Cl2N8O5/c50-39-29-40(51)38(28-37(39)41-8-4-5-24-52-41)47(62)55-44-30-43(57-59(44)36-6-2-1-3-7-36)48(63)53-25-21-32-11-9-31(10-12-32)13-20-46(61)58-26-22-34(23-27-58)33-14-16-35(17-15-33)54-42-18-19-45(60)56-49(42)64/h1-12,14-17,24,28-30,34,42,54H,13,18-23,25-27H2,(H,53,63)(H,55,62)(H,56,60,64). The van der Waals surface area contributed by atoms with E-state index in [1.807, 2.05) is 77.7 Å². The van der Waals surface area contributed by atoms with E-state index in [0.717, 1.165) is 29.7 Å². The summed E-state index contributed by atoms with van der Waals surface area (Å²) >= 11 is 13.0. The number of likely N-dealkylation sites (tertiary alicyclic amines) is 1. The summed E-state index contributed by atoms with van der Waals surface area (Å²) in [5, 5.41) is 16.5. The molecule has 1 unspecified atom stereocenters. The van der Waals surface area contributed by atoms with E-state index < -0.39 is 17.9 Å². The van der Waals surface area contributed by atoms with Gasteiger partial charge in [-0.3, -0.25) is 34.3 Å². The lowest BCUT2D eigenvalue weighted by Crippen LogP contribution is -2.47. The molecule has 0 saturated carbocycles. The molecule has 6 aromatic rings. The van der Waals surface area contributed by atoms with Gasteiger partial charge in [-0.2, -0.15) is 5.10 Å². The maximum absolute atomic E-state index is 13.7. The van der Waals surface area contributed by atoms with Crippen molar-refractivity contribution >= 4 is 64.2 Å². The molecule has 4 heterocycles. The molecule has 326 valence electrons. The maximum atomic E-state index is 13.7. The van der Waals surface area contributed by atoms with Gasteiger partial charge in [0.2, 0.25) is 17.7 Å². The number of aryl methyl sites for hydroxylation is 1. The SMILES string of the molecule is O=C1CCC(Nc2ccc(C3CCN(C(=O)CCc4ccc(CCNC(=O)c5cc(NC(=O)c6cc(-c7ccccn7)c(Cl)cc6Cl)n(-c6ccccc6)n5)cc4)CC3)cc2)C(=O)N1. The van der Waals surface area contributed by atoms with Gasteiger partial charge in [-0.05, 0) is 103 Å². The summed E-state index contributed by atoms with van der Waals surface area (Å²) < 4.78 is 1.50. The average Bonchev–Trinajstić information content (AvgIpc) is 3.74. The molecule has 2 aliphatic rings. The quantitative estimate of drug-likeness (QED) is 0.0798. The minimum atomic E-state index is -0.514. The average molecular weight is 898 g/mol. The number of aromatic nitrogens is 3. The Morgan fingerprint density at radius 1 is 0.766 bits per heavy atom. The first kappa shape index (κ1) is 43.8. The van der Waals surface area contributed by atoms with Crippen molar-refractivity contribution in [2.24, 2.45) is 0 Å². The molecule has 2 aromatic heterocycles. The number of rotatable bonds is 14. The molecule has 64 heavy (non-hydrogen) atoms. The van der Waals surface area contributed by atoms with Gasteiger partial charge in [-0.1, -0.05) is 83.9 Å². The van der Waals surface area contributed by atoms with Gasteiger partial charge < -0.3 is 20.9 Å². The van der Waals surface area contributed by atoms with Crippen LogP contribution in [0.15, 0.2) is 121 Å². The smallest absolute Gasteiger partial charge is 0.271 e. The highest BCUT2D eigenvalue weighted by Gasteiger charge is 2.27. The first-order valence-corrected chi connectivity index (χ1v) is 22.0. The topological polar surface area (TPSA) is 167 Å². The third kappa shape index (κ3) is 10.7. The van der Waals surface area contributed by atoms with Crippen molar-refractivity contribution in [2.45, 2.75) is 56.9 Å². The Morgan fingerprint density at radius 3 is 2.19 bits per heavy atom. The zero-order valence-corrected chi connectivity index (χ0v) is 36.4. The molecular formula is C49H46Cl2N8O5. The van der Waals surface area contributed by atoms with Gasteiger partial charge in [0.25, 0.3) is 11.8 Å². The van der Waals surface area contributed by atoms with Crippen molar-refractivity contribution in [3.8, 4) is 16.9 Å². The summed E-state index contributed by atoms with van der Waals surface area (Å²) in [6.07, 6.45) is 5.86. The molecule has 4 aromatic carbocycles. The van der Waals surface area contributed by atoms with Crippen LogP contribution in [0.1, 0.15) is 75.6 Å². The van der Waals surface area contributed by atoms with Gasteiger partial charge >= 0.3 is 0 Å². The minimum absolute atomic E-state index is 0.120. The molecule has 13 nitrogen and oxygen atoms in total. The number of amides is 5. The molecule has 2 saturated heterocycles. The number of piperidine rings is 2. The maximum Gasteiger partial charge on any atom is 0.271 e. The molecule has 1 atom stereocenters. The van der Waals surface area contributed by atoms with E-state index in [0.29, 0.717) is 79.6 Å². The largest absolute Gasteiger partial charge is 0.374 e. The molecule has 0 radical (unpaired) electrons. The minimum Gasteiger partial charge on any atom is -0.374 e. The van der Waals surface area contributed by atoms with Gasteiger partial charge in [0.1, 0.15) is 11.9 Å². The zero-order valence-electron chi connectivity index (χ0n) is 34.9. The lowest BCUT2D eigenvalue weighted by atomic mass is 9.89. The van der Waals surface area contributed by atoms with Crippen LogP contribution in [0.3, 0.4) is 0 Å². The molecular weight excluding hydrogens is 851 g/mol. The van der Waals surface area contributed by atoms with E-state index in [1.165, 1.54) is 22.4 Å². The van der Waals surface area contributed by atoms with E-state index >= 15 is 0 Å². The van der Waals surface area contributed by atoms with Crippen LogP contribution in [0.4, 0.5) is 11.5 Å². The highest BCUT2D eigenvalue weighted by Crippen LogP contribution is 2.33. The molecule has 5 amide bonds. The molecule has 15 heteroatoms. The molecule has 2 fully saturated rings. The van der Waals surface area contributed by atoms with Crippen molar-refractivity contribution < 1.29 is 24.0 Å². The Hall–Kier alpha value is -6.83. The summed E-state index contributed by atoms with van der Waals surface area (Å²) in [6, 6.07) is 35.0. The third-order valence-electron chi connectivity index (χ3n) is 11.6. The number of nitrogens with zero attached hydrogens (tertiary/aromatic N) is 4. The number of imide groups is 1. The molecule has 0 bridgehead atoms. The van der Waals surface area contributed by atoms with E-state index in [-0.39, 0.29) is 39.8 Å². The van der Waals surface area contributed by atoms with Gasteiger partial charge in [-0.25, -0.2) is 4.68 Å². The molecule has 4 N–H and O–H groups in total. The van der Waals surface area contributed by atoms with Crippen molar-refractivity contribution in [3.63, 3.8) is 0 Å². The number of nitrogens with one attached hydrogen (secondary N) is 4. The fraction of sp³-hybridized carbons (Fsp3) is 0.245. The number of carbonyl (C=O) groups is 5. The number of hydrogen-bond donors (Lipinski definition) is 4. The highest BCUT2D eigenvalue weighted by molar-refractivity contribution is 6.38. The van der Waals surface area contributed by atoms with Crippen LogP contribution < -0.4 is 21.3 Å². The number of carbonyl (C=O) groups excluding carboxylic acids is 5. The van der Waals surface area contributed by atoms with Crippen LogP contribution in [-0.4, -0.2) is 74.9 Å². The van der Waals surface area contributed by atoms with Crippen molar-refractivity contribution in [1.82, 2.24) is 30.3 Å². The summed E-state index contributed by atoms with van der Waals surface area (Å²) in [5.41, 5.74) is 6.23. The second-order valence-electron chi connectivity index (χ2n) is 15.9. The van der Waals surface area contributed by atoms with Crippen LogP contribution in [0.25, 0.3) is 16.9 Å². The van der Waals surface area contributed by atoms with Gasteiger partial charge in [-0.15, -0.1) is 0 Å². The first-order chi connectivity index (χ1) is 31.1. The Labute approximate surface area is 380 Å². The summed E-state index contributed by atoms with van der Waals surface area (Å²) in [5.74, 6) is -0.659. The second-order valence-corrected chi connectivity index (χ2v) is 16.7. The third-order valence-corrected chi connectivity index (χ3v) is 12.2. The van der Waals surface area contributed by atoms with Crippen LogP contribution in [-0.2, 0) is 27.2 Å².